The van der Waals surface area contributed by atoms with Crippen LogP contribution >= 0.6 is 0 Å². The first-order valence-corrected chi connectivity index (χ1v) is 5.91. The second-order valence-electron chi connectivity index (χ2n) is 4.48. The van der Waals surface area contributed by atoms with E-state index in [1.165, 1.54) is 7.05 Å². The Morgan fingerprint density at radius 1 is 1.32 bits per heavy atom. The third kappa shape index (κ3) is 2.16. The number of aromatic nitrogens is 1. The summed E-state index contributed by atoms with van der Waals surface area (Å²) < 4.78 is 27.7. The number of phenols is 1. The quantitative estimate of drug-likeness (QED) is 0.854. The first kappa shape index (κ1) is 15.4. The summed E-state index contributed by atoms with van der Waals surface area (Å²) in [6.07, 6.45) is 0.755. The maximum absolute atomic E-state index is 13.5. The minimum atomic E-state index is -1.61. The van der Waals surface area contributed by atoms with Crippen molar-refractivity contribution in [3.63, 3.8) is 0 Å². The van der Waals surface area contributed by atoms with Crippen LogP contribution in [0.1, 0.15) is 17.3 Å². The maximum Gasteiger partial charge on any atom is 0.341 e. The molecule has 2 N–H and O–H groups in total. The Kier molecular flexibility index (Phi) is 3.57. The number of carboxylic acid groups (broad SMARTS) is 1. The van der Waals surface area contributed by atoms with Gasteiger partial charge in [0.1, 0.15) is 11.1 Å². The fourth-order valence-corrected chi connectivity index (χ4v) is 1.94. The fourth-order valence-electron chi connectivity index (χ4n) is 1.94. The molecule has 1 heterocycles. The van der Waals surface area contributed by atoms with Gasteiger partial charge >= 0.3 is 5.97 Å². The number of phenolic OH excluding ortho intramolecular Hbond substituents is 1. The Morgan fingerprint density at radius 2 is 1.91 bits per heavy atom. The first-order chi connectivity index (χ1) is 10.2. The van der Waals surface area contributed by atoms with Gasteiger partial charge in [0.2, 0.25) is 17.2 Å². The number of nitrogens with zero attached hydrogens (tertiary/aromatic N) is 2. The molecule has 0 atom stereocenters. The molecule has 1 aromatic heterocycles. The summed E-state index contributed by atoms with van der Waals surface area (Å²) in [4.78, 5) is 34.6. The summed E-state index contributed by atoms with van der Waals surface area (Å²) in [5.41, 5.74) is -2.37. The molecule has 0 unspecified atom stereocenters. The van der Waals surface area contributed by atoms with Crippen LogP contribution in [0.2, 0.25) is 0 Å². The van der Waals surface area contributed by atoms with Crippen molar-refractivity contribution < 1.29 is 28.6 Å². The number of carbonyl (C=O) groups is 2. The van der Waals surface area contributed by atoms with Crippen LogP contribution in [0.15, 0.2) is 17.1 Å². The lowest BCUT2D eigenvalue weighted by molar-refractivity contribution is -0.117. The highest BCUT2D eigenvalue weighted by molar-refractivity contribution is 5.96. The molecule has 2 aromatic rings. The van der Waals surface area contributed by atoms with Crippen molar-refractivity contribution in [3.05, 3.63) is 39.7 Å². The normalized spacial score (nSPS) is 10.7. The SMILES string of the molecule is CC(=O)N(C)n1cc(C(=O)O)c(=O)c2cc(F)c(F)c(O)c21. The lowest BCUT2D eigenvalue weighted by Crippen LogP contribution is -2.37. The number of hydrogen-bond donors (Lipinski definition) is 2. The Balaban J connectivity index is 3.09. The van der Waals surface area contributed by atoms with E-state index in [-0.39, 0.29) is 0 Å². The van der Waals surface area contributed by atoms with E-state index < -0.39 is 51.2 Å². The van der Waals surface area contributed by atoms with E-state index in [9.17, 15) is 28.3 Å². The zero-order valence-electron chi connectivity index (χ0n) is 11.4. The lowest BCUT2D eigenvalue weighted by Gasteiger charge is -2.22. The van der Waals surface area contributed by atoms with E-state index in [0.29, 0.717) is 6.07 Å². The maximum atomic E-state index is 13.5. The van der Waals surface area contributed by atoms with Gasteiger partial charge in [-0.2, -0.15) is 4.39 Å². The number of rotatable bonds is 2. The van der Waals surface area contributed by atoms with E-state index in [1.54, 1.807) is 0 Å². The van der Waals surface area contributed by atoms with E-state index in [0.717, 1.165) is 22.8 Å². The van der Waals surface area contributed by atoms with Crippen LogP contribution in [-0.4, -0.2) is 33.8 Å². The van der Waals surface area contributed by atoms with E-state index >= 15 is 0 Å². The molecular formula is C13H10F2N2O5. The number of carboxylic acids is 1. The van der Waals surface area contributed by atoms with Gasteiger partial charge in [-0.05, 0) is 6.07 Å². The number of aromatic hydroxyl groups is 1. The summed E-state index contributed by atoms with van der Waals surface area (Å²) in [7, 11) is 1.21. The minimum Gasteiger partial charge on any atom is -0.503 e. The molecule has 0 aliphatic carbocycles. The second-order valence-corrected chi connectivity index (χ2v) is 4.48. The average Bonchev–Trinajstić information content (AvgIpc) is 2.44. The topological polar surface area (TPSA) is 99.8 Å². The van der Waals surface area contributed by atoms with Gasteiger partial charge in [0.05, 0.1) is 5.39 Å². The van der Waals surface area contributed by atoms with Crippen LogP contribution in [-0.2, 0) is 4.79 Å². The Bertz CT molecular complexity index is 875. The summed E-state index contributed by atoms with van der Waals surface area (Å²) in [5, 5.41) is 19.0. The van der Waals surface area contributed by atoms with Crippen LogP contribution in [0.5, 0.6) is 5.75 Å². The minimum absolute atomic E-state index is 0.476. The number of benzene rings is 1. The van der Waals surface area contributed by atoms with Gasteiger partial charge in [-0.3, -0.25) is 19.3 Å². The molecule has 0 saturated carbocycles. The van der Waals surface area contributed by atoms with Crippen LogP contribution in [0.25, 0.3) is 10.9 Å². The smallest absolute Gasteiger partial charge is 0.341 e. The lowest BCUT2D eigenvalue weighted by atomic mass is 10.1. The average molecular weight is 312 g/mol. The van der Waals surface area contributed by atoms with Gasteiger partial charge in [-0.15, -0.1) is 0 Å². The molecular weight excluding hydrogens is 302 g/mol. The number of pyridine rings is 1. The molecule has 0 saturated heterocycles. The van der Waals surface area contributed by atoms with E-state index in [2.05, 4.69) is 0 Å². The second kappa shape index (κ2) is 5.10. The Morgan fingerprint density at radius 3 is 2.41 bits per heavy atom. The predicted octanol–water partition coefficient (Wildman–Crippen LogP) is 0.798. The Hall–Kier alpha value is -2.97. The van der Waals surface area contributed by atoms with Gasteiger partial charge in [0.15, 0.2) is 11.6 Å². The van der Waals surface area contributed by atoms with Crippen LogP contribution in [0.3, 0.4) is 0 Å². The fraction of sp³-hybridized carbons (Fsp3) is 0.154. The molecule has 0 spiro atoms. The molecule has 1 aromatic carbocycles. The summed E-state index contributed by atoms with van der Waals surface area (Å²) in [6, 6.07) is 0.476. The third-order valence-corrected chi connectivity index (χ3v) is 3.15. The zero-order valence-corrected chi connectivity index (χ0v) is 11.4. The van der Waals surface area contributed by atoms with Crippen molar-refractivity contribution in [2.45, 2.75) is 6.92 Å². The van der Waals surface area contributed by atoms with Crippen molar-refractivity contribution in [3.8, 4) is 5.75 Å². The Labute approximate surface area is 121 Å². The van der Waals surface area contributed by atoms with Crippen molar-refractivity contribution >= 4 is 22.8 Å². The molecule has 2 rings (SSSR count). The third-order valence-electron chi connectivity index (χ3n) is 3.15. The zero-order chi connectivity index (χ0) is 16.8. The summed E-state index contributed by atoms with van der Waals surface area (Å²) in [6.45, 7) is 1.13. The number of aromatic carboxylic acids is 1. The highest BCUT2D eigenvalue weighted by Gasteiger charge is 2.23. The first-order valence-electron chi connectivity index (χ1n) is 5.91. The molecule has 1 amide bonds. The molecule has 0 aliphatic rings. The molecule has 0 aliphatic heterocycles. The van der Waals surface area contributed by atoms with E-state index in [4.69, 9.17) is 5.11 Å². The van der Waals surface area contributed by atoms with Crippen molar-refractivity contribution in [1.29, 1.82) is 0 Å². The monoisotopic (exact) mass is 312 g/mol. The van der Waals surface area contributed by atoms with Crippen molar-refractivity contribution in [2.24, 2.45) is 0 Å². The number of fused-ring (bicyclic) bond motifs is 1. The molecule has 116 valence electrons. The number of hydrogen-bond acceptors (Lipinski definition) is 4. The number of halogens is 2. The van der Waals surface area contributed by atoms with Gasteiger partial charge in [-0.1, -0.05) is 0 Å². The highest BCUT2D eigenvalue weighted by atomic mass is 19.2. The molecule has 7 nitrogen and oxygen atoms in total. The molecule has 0 bridgehead atoms. The molecule has 9 heteroatoms. The van der Waals surface area contributed by atoms with Gasteiger partial charge in [0.25, 0.3) is 0 Å². The molecule has 0 radical (unpaired) electrons. The summed E-state index contributed by atoms with van der Waals surface area (Å²) in [5.74, 6) is -6.52. The highest BCUT2D eigenvalue weighted by Crippen LogP contribution is 2.28. The predicted molar refractivity (Wildman–Crippen MR) is 71.6 cm³/mol. The van der Waals surface area contributed by atoms with Gasteiger partial charge in [-0.25, -0.2) is 9.18 Å². The van der Waals surface area contributed by atoms with Gasteiger partial charge < -0.3 is 10.2 Å². The van der Waals surface area contributed by atoms with Gasteiger partial charge in [0, 0.05) is 20.2 Å². The molecule has 0 fully saturated rings. The van der Waals surface area contributed by atoms with E-state index in [1.807, 2.05) is 0 Å². The van der Waals surface area contributed by atoms with Crippen LogP contribution < -0.4 is 10.4 Å². The molecule has 22 heavy (non-hydrogen) atoms. The van der Waals surface area contributed by atoms with Crippen molar-refractivity contribution in [2.75, 3.05) is 12.1 Å². The van der Waals surface area contributed by atoms with Crippen LogP contribution in [0, 0.1) is 11.6 Å². The van der Waals surface area contributed by atoms with Crippen molar-refractivity contribution in [1.82, 2.24) is 4.68 Å². The van der Waals surface area contributed by atoms with Crippen LogP contribution in [0.4, 0.5) is 8.78 Å². The number of carbonyl (C=O) groups excluding carboxylic acids is 1. The number of amides is 1. The summed E-state index contributed by atoms with van der Waals surface area (Å²) >= 11 is 0. The largest absolute Gasteiger partial charge is 0.503 e. The standard InChI is InChI=1S/C13H10F2N2O5/c1-5(18)16(2)17-4-7(13(21)22)11(19)6-3-8(14)9(15)12(20)10(6)17/h3-4,20H,1-2H3,(H,21,22).